The first-order valence-corrected chi connectivity index (χ1v) is 7.59. The minimum atomic E-state index is 0.299. The second-order valence-electron chi connectivity index (χ2n) is 5.62. The van der Waals surface area contributed by atoms with Crippen LogP contribution in [0.15, 0.2) is 66.9 Å². The van der Waals surface area contributed by atoms with Crippen molar-refractivity contribution in [3.63, 3.8) is 0 Å². The molecule has 4 rings (SSSR count). The van der Waals surface area contributed by atoms with E-state index in [1.54, 1.807) is 7.11 Å². The van der Waals surface area contributed by atoms with Crippen LogP contribution in [-0.4, -0.2) is 11.7 Å². The summed E-state index contributed by atoms with van der Waals surface area (Å²) in [6.45, 7) is 0.981. The fourth-order valence-electron chi connectivity index (χ4n) is 3.27. The summed E-state index contributed by atoms with van der Waals surface area (Å²) in [5.74, 6) is 0.899. The van der Waals surface area contributed by atoms with E-state index in [1.165, 1.54) is 22.5 Å². The minimum Gasteiger partial charge on any atom is -0.497 e. The lowest BCUT2D eigenvalue weighted by atomic mass is 10.0. The lowest BCUT2D eigenvalue weighted by molar-refractivity contribution is -0.702. The number of benzene rings is 2. The first-order chi connectivity index (χ1) is 10.9. The van der Waals surface area contributed by atoms with E-state index in [0.717, 1.165) is 12.3 Å². The van der Waals surface area contributed by atoms with Gasteiger partial charge in [0.05, 0.1) is 18.5 Å². The molecule has 0 spiro atoms. The molecule has 3 nitrogen and oxygen atoms in total. The van der Waals surface area contributed by atoms with Crippen molar-refractivity contribution in [2.45, 2.75) is 12.6 Å². The fraction of sp³-hybridized carbons (Fsp3) is 0.158. The average Bonchev–Trinajstić information content (AvgIpc) is 3.00. The highest BCUT2D eigenvalue weighted by Gasteiger charge is 2.25. The summed E-state index contributed by atoms with van der Waals surface area (Å²) in [5.41, 5.74) is 5.27. The maximum atomic E-state index is 5.27. The zero-order chi connectivity index (χ0) is 14.9. The van der Waals surface area contributed by atoms with Crippen molar-refractivity contribution >= 4 is 0 Å². The topological polar surface area (TPSA) is 30.8 Å². The number of hydrogen-bond donors (Lipinski definition) is 1. The smallest absolute Gasteiger partial charge is 0.153 e. The molecule has 0 fully saturated rings. The molecular formula is C19H19N2O+. The van der Waals surface area contributed by atoms with Crippen LogP contribution in [0.25, 0.3) is 5.69 Å². The number of rotatable bonds is 2. The standard InChI is InChI=1S/C19H18N2O/c1-22-16-10-8-14(9-11-16)19-18-7-4-12-21(18)17-6-3-2-5-15(17)13-20-19/h2-12,19-20H,13H2,1H3/p+1/t19-/m0/s1. The summed E-state index contributed by atoms with van der Waals surface area (Å²) in [4.78, 5) is 0. The van der Waals surface area contributed by atoms with Crippen molar-refractivity contribution in [3.8, 4) is 11.4 Å². The third-order valence-corrected chi connectivity index (χ3v) is 4.40. The first-order valence-electron chi connectivity index (χ1n) is 7.59. The van der Waals surface area contributed by atoms with Crippen LogP contribution in [0.5, 0.6) is 5.75 Å². The maximum absolute atomic E-state index is 5.27. The Labute approximate surface area is 130 Å². The molecule has 1 aliphatic heterocycles. The Balaban J connectivity index is 1.80. The SMILES string of the molecule is COc1ccc([C@@H]2[NH2+]Cc3ccccc3-n3cccc32)cc1. The number of aromatic nitrogens is 1. The van der Waals surface area contributed by atoms with Crippen molar-refractivity contribution in [1.82, 2.24) is 4.57 Å². The quantitative estimate of drug-likeness (QED) is 0.773. The maximum Gasteiger partial charge on any atom is 0.153 e. The number of quaternary nitrogens is 1. The van der Waals surface area contributed by atoms with Gasteiger partial charge in [-0.3, -0.25) is 0 Å². The first kappa shape index (κ1) is 13.2. The molecule has 2 N–H and O–H groups in total. The van der Waals surface area contributed by atoms with Gasteiger partial charge in [0, 0.05) is 17.3 Å². The Morgan fingerprint density at radius 3 is 2.64 bits per heavy atom. The number of methoxy groups -OCH3 is 1. The predicted octanol–water partition coefficient (Wildman–Crippen LogP) is 2.65. The molecule has 0 saturated heterocycles. The average molecular weight is 291 g/mol. The molecule has 22 heavy (non-hydrogen) atoms. The third-order valence-electron chi connectivity index (χ3n) is 4.40. The number of ether oxygens (including phenoxy) is 1. The van der Waals surface area contributed by atoms with Gasteiger partial charge >= 0.3 is 0 Å². The van der Waals surface area contributed by atoms with E-state index in [1.807, 2.05) is 12.1 Å². The van der Waals surface area contributed by atoms with Crippen molar-refractivity contribution < 1.29 is 10.1 Å². The van der Waals surface area contributed by atoms with Gasteiger partial charge in [0.1, 0.15) is 12.3 Å². The van der Waals surface area contributed by atoms with Crippen LogP contribution in [0.3, 0.4) is 0 Å². The van der Waals surface area contributed by atoms with Gasteiger partial charge in [-0.05, 0) is 42.5 Å². The van der Waals surface area contributed by atoms with Crippen molar-refractivity contribution in [2.24, 2.45) is 0 Å². The summed E-state index contributed by atoms with van der Waals surface area (Å²) in [5, 5.41) is 2.40. The van der Waals surface area contributed by atoms with Crippen LogP contribution in [0.1, 0.15) is 22.9 Å². The van der Waals surface area contributed by atoms with Crippen LogP contribution in [0.2, 0.25) is 0 Å². The Morgan fingerprint density at radius 1 is 1.00 bits per heavy atom. The van der Waals surface area contributed by atoms with Crippen LogP contribution in [-0.2, 0) is 6.54 Å². The third kappa shape index (κ3) is 2.11. The zero-order valence-corrected chi connectivity index (χ0v) is 12.6. The van der Waals surface area contributed by atoms with Crippen LogP contribution >= 0.6 is 0 Å². The minimum absolute atomic E-state index is 0.299. The van der Waals surface area contributed by atoms with Gasteiger partial charge in [0.15, 0.2) is 6.04 Å². The fourth-order valence-corrected chi connectivity index (χ4v) is 3.27. The largest absolute Gasteiger partial charge is 0.497 e. The number of para-hydroxylation sites is 1. The summed E-state index contributed by atoms with van der Waals surface area (Å²) in [6.07, 6.45) is 2.16. The summed E-state index contributed by atoms with van der Waals surface area (Å²) < 4.78 is 7.58. The Hall–Kier alpha value is -2.52. The van der Waals surface area contributed by atoms with E-state index in [0.29, 0.717) is 6.04 Å². The molecule has 110 valence electrons. The molecule has 0 saturated carbocycles. The van der Waals surface area contributed by atoms with E-state index < -0.39 is 0 Å². The molecule has 0 bridgehead atoms. The van der Waals surface area contributed by atoms with E-state index in [9.17, 15) is 0 Å². The number of nitrogens with zero attached hydrogens (tertiary/aromatic N) is 1. The second-order valence-corrected chi connectivity index (χ2v) is 5.62. The van der Waals surface area contributed by atoms with Crippen LogP contribution in [0, 0.1) is 0 Å². The van der Waals surface area contributed by atoms with Crippen molar-refractivity contribution in [3.05, 3.63) is 83.7 Å². The Morgan fingerprint density at radius 2 is 1.82 bits per heavy atom. The van der Waals surface area contributed by atoms with Gasteiger partial charge in [-0.1, -0.05) is 18.2 Å². The van der Waals surface area contributed by atoms with Gasteiger partial charge in [-0.25, -0.2) is 0 Å². The van der Waals surface area contributed by atoms with Gasteiger partial charge < -0.3 is 14.6 Å². The lowest BCUT2D eigenvalue weighted by Crippen LogP contribution is -2.83. The van der Waals surface area contributed by atoms with Crippen LogP contribution in [0.4, 0.5) is 0 Å². The molecule has 0 amide bonds. The van der Waals surface area contributed by atoms with Gasteiger partial charge in [0.25, 0.3) is 0 Å². The highest BCUT2D eigenvalue weighted by Crippen LogP contribution is 2.27. The van der Waals surface area contributed by atoms with E-state index in [2.05, 4.69) is 64.6 Å². The van der Waals surface area contributed by atoms with E-state index in [4.69, 9.17) is 4.74 Å². The summed E-state index contributed by atoms with van der Waals surface area (Å²) >= 11 is 0. The van der Waals surface area contributed by atoms with Crippen LogP contribution < -0.4 is 10.1 Å². The molecule has 0 unspecified atom stereocenters. The zero-order valence-electron chi connectivity index (χ0n) is 12.6. The molecular weight excluding hydrogens is 272 g/mol. The number of fused-ring (bicyclic) bond motifs is 3. The molecule has 1 atom stereocenters. The number of hydrogen-bond acceptors (Lipinski definition) is 1. The Bertz CT molecular complexity index is 789. The summed E-state index contributed by atoms with van der Waals surface area (Å²) in [6, 6.07) is 21.7. The molecule has 3 heteroatoms. The van der Waals surface area contributed by atoms with E-state index in [-0.39, 0.29) is 0 Å². The molecule has 2 heterocycles. The summed E-state index contributed by atoms with van der Waals surface area (Å²) in [7, 11) is 1.70. The molecule has 1 aromatic heterocycles. The molecule has 1 aliphatic rings. The number of nitrogens with two attached hydrogens (primary N) is 1. The van der Waals surface area contributed by atoms with Gasteiger partial charge in [-0.2, -0.15) is 0 Å². The van der Waals surface area contributed by atoms with E-state index >= 15 is 0 Å². The van der Waals surface area contributed by atoms with Gasteiger partial charge in [0.2, 0.25) is 0 Å². The van der Waals surface area contributed by atoms with Crippen molar-refractivity contribution in [2.75, 3.05) is 7.11 Å². The molecule has 0 radical (unpaired) electrons. The molecule has 3 aromatic rings. The second kappa shape index (κ2) is 5.35. The molecule has 2 aromatic carbocycles. The highest BCUT2D eigenvalue weighted by atomic mass is 16.5. The highest BCUT2D eigenvalue weighted by molar-refractivity contribution is 5.45. The normalized spacial score (nSPS) is 16.5. The van der Waals surface area contributed by atoms with Crippen molar-refractivity contribution in [1.29, 1.82) is 0 Å². The monoisotopic (exact) mass is 291 g/mol. The Kier molecular flexibility index (Phi) is 3.20. The predicted molar refractivity (Wildman–Crippen MR) is 86.2 cm³/mol. The molecule has 0 aliphatic carbocycles. The lowest BCUT2D eigenvalue weighted by Gasteiger charge is -2.15. The van der Waals surface area contributed by atoms with Gasteiger partial charge in [-0.15, -0.1) is 0 Å².